The fourth-order valence-electron chi connectivity index (χ4n) is 3.62. The highest BCUT2D eigenvalue weighted by molar-refractivity contribution is 5.89. The lowest BCUT2D eigenvalue weighted by atomic mass is 10.1. The van der Waals surface area contributed by atoms with E-state index in [0.717, 1.165) is 49.7 Å². The van der Waals surface area contributed by atoms with Gasteiger partial charge in [0.1, 0.15) is 0 Å². The minimum absolute atomic E-state index is 0.0671. The van der Waals surface area contributed by atoms with Crippen LogP contribution in [-0.4, -0.2) is 11.9 Å². The first-order valence-electron chi connectivity index (χ1n) is 13.2. The van der Waals surface area contributed by atoms with E-state index in [0.29, 0.717) is 17.5 Å². The van der Waals surface area contributed by atoms with E-state index in [-0.39, 0.29) is 6.29 Å². The van der Waals surface area contributed by atoms with Crippen molar-refractivity contribution in [1.29, 1.82) is 0 Å². The van der Waals surface area contributed by atoms with Crippen molar-refractivity contribution in [3.63, 3.8) is 0 Å². The second-order valence-corrected chi connectivity index (χ2v) is 8.81. The highest BCUT2D eigenvalue weighted by atomic mass is 17.3. The molecule has 6 nitrogen and oxygen atoms in total. The minimum atomic E-state index is -0.650. The maximum Gasteiger partial charge on any atom is 0.373 e. The van der Waals surface area contributed by atoms with Crippen molar-refractivity contribution in [2.45, 2.75) is 90.9 Å². The number of rotatable bonds is 18. The van der Waals surface area contributed by atoms with Gasteiger partial charge in [-0.3, -0.25) is 9.78 Å². The number of hydrogen-bond acceptors (Lipinski definition) is 6. The van der Waals surface area contributed by atoms with Gasteiger partial charge in [-0.15, -0.1) is 9.78 Å². The van der Waals surface area contributed by atoms with E-state index in [2.05, 4.69) is 6.92 Å². The highest BCUT2D eigenvalue weighted by Gasteiger charge is 2.21. The number of hydrogen-bond donors (Lipinski definition) is 0. The summed E-state index contributed by atoms with van der Waals surface area (Å²) in [5, 5.41) is 0. The molecule has 0 aromatic heterocycles. The van der Waals surface area contributed by atoms with Gasteiger partial charge in [0.25, 0.3) is 0 Å². The van der Waals surface area contributed by atoms with E-state index in [1.165, 1.54) is 32.1 Å². The number of carbonyl (C=O) groups is 2. The molecule has 0 spiro atoms. The molecular formula is C30H40O6. The van der Waals surface area contributed by atoms with Crippen molar-refractivity contribution in [1.82, 2.24) is 0 Å². The van der Waals surface area contributed by atoms with Crippen molar-refractivity contribution in [2.24, 2.45) is 0 Å². The van der Waals surface area contributed by atoms with E-state index in [9.17, 15) is 9.59 Å². The van der Waals surface area contributed by atoms with E-state index >= 15 is 0 Å². The third-order valence-electron chi connectivity index (χ3n) is 6.00. The first-order valence-corrected chi connectivity index (χ1v) is 13.2. The Labute approximate surface area is 216 Å². The zero-order chi connectivity index (χ0) is 26.0. The maximum absolute atomic E-state index is 12.4. The highest BCUT2D eigenvalue weighted by Crippen LogP contribution is 2.20. The first-order chi connectivity index (χ1) is 17.6. The van der Waals surface area contributed by atoms with Crippen molar-refractivity contribution in [3.8, 4) is 0 Å². The topological polar surface area (TPSA) is 71.1 Å². The standard InChI is InChI=1S/C30H40O6/c1-4-7-8-9-10-11-12-13-14-15-28(33-35-29(31)26-20-16-24(5-2)17-21-26)34-36-30(32)27-22-18-25(6-3)19-23-27/h16-23H,1,4-15H2,2-3H3. The van der Waals surface area contributed by atoms with Crippen LogP contribution in [0.2, 0.25) is 0 Å². The van der Waals surface area contributed by atoms with Crippen molar-refractivity contribution < 1.29 is 29.1 Å². The molecule has 196 valence electrons. The Hall–Kier alpha value is -2.70. The summed E-state index contributed by atoms with van der Waals surface area (Å²) in [6.45, 7) is 7.95. The maximum atomic E-state index is 12.4. The van der Waals surface area contributed by atoms with Crippen LogP contribution in [0.4, 0.5) is 0 Å². The summed E-state index contributed by atoms with van der Waals surface area (Å²) in [6.07, 6.45) is 11.9. The number of unbranched alkanes of at least 4 members (excludes halogenated alkanes) is 8. The van der Waals surface area contributed by atoms with Gasteiger partial charge in [-0.05, 0) is 54.7 Å². The first kappa shape index (κ1) is 29.5. The lowest BCUT2D eigenvalue weighted by molar-refractivity contribution is -0.363. The van der Waals surface area contributed by atoms with Crippen LogP contribution in [0.5, 0.6) is 0 Å². The molecule has 0 heterocycles. The molecule has 0 amide bonds. The molecule has 2 aromatic carbocycles. The van der Waals surface area contributed by atoms with E-state index in [1.807, 2.05) is 38.1 Å². The zero-order valence-corrected chi connectivity index (χ0v) is 21.8. The SMILES string of the molecule is [CH2]CCCCCCCCCC[C](OOC(=O)c1ccc(CC)cc1)OOC(=O)c1ccc(CC)cc1. The van der Waals surface area contributed by atoms with Crippen molar-refractivity contribution >= 4 is 11.9 Å². The van der Waals surface area contributed by atoms with Crippen molar-refractivity contribution in [2.75, 3.05) is 0 Å². The molecule has 2 radical (unpaired) electrons. The molecule has 0 aliphatic rings. The number of aryl methyl sites for hydroxylation is 2. The van der Waals surface area contributed by atoms with Gasteiger partial charge in [-0.1, -0.05) is 96.4 Å². The fourth-order valence-corrected chi connectivity index (χ4v) is 3.62. The molecule has 0 saturated carbocycles. The van der Waals surface area contributed by atoms with Gasteiger partial charge < -0.3 is 0 Å². The Morgan fingerprint density at radius 2 is 0.972 bits per heavy atom. The molecule has 0 saturated heterocycles. The van der Waals surface area contributed by atoms with Gasteiger partial charge in [0.15, 0.2) is 0 Å². The monoisotopic (exact) mass is 496 g/mol. The van der Waals surface area contributed by atoms with Gasteiger partial charge in [0, 0.05) is 6.42 Å². The predicted octanol–water partition coefficient (Wildman–Crippen LogP) is 7.91. The largest absolute Gasteiger partial charge is 0.373 e. The normalized spacial score (nSPS) is 11.0. The third kappa shape index (κ3) is 11.4. The van der Waals surface area contributed by atoms with Crippen LogP contribution in [0.3, 0.4) is 0 Å². The minimum Gasteiger partial charge on any atom is -0.289 e. The van der Waals surface area contributed by atoms with Crippen LogP contribution in [0.1, 0.15) is 110 Å². The van der Waals surface area contributed by atoms with Crippen LogP contribution < -0.4 is 0 Å². The molecule has 0 fully saturated rings. The van der Waals surface area contributed by atoms with E-state index in [1.54, 1.807) is 24.3 Å². The molecule has 0 bridgehead atoms. The van der Waals surface area contributed by atoms with Gasteiger partial charge in [0.2, 0.25) is 0 Å². The second-order valence-electron chi connectivity index (χ2n) is 8.81. The average molecular weight is 497 g/mol. The summed E-state index contributed by atoms with van der Waals surface area (Å²) < 4.78 is 0. The van der Waals surface area contributed by atoms with Crippen LogP contribution in [-0.2, 0) is 32.4 Å². The van der Waals surface area contributed by atoms with E-state index < -0.39 is 11.9 Å². The van der Waals surface area contributed by atoms with E-state index in [4.69, 9.17) is 19.6 Å². The Kier molecular flexibility index (Phi) is 14.5. The molecule has 0 atom stereocenters. The van der Waals surface area contributed by atoms with Gasteiger partial charge >= 0.3 is 18.2 Å². The number of carbonyl (C=O) groups excluding carboxylic acids is 2. The molecule has 6 heteroatoms. The third-order valence-corrected chi connectivity index (χ3v) is 6.00. The van der Waals surface area contributed by atoms with Crippen LogP contribution in [0, 0.1) is 13.2 Å². The molecule has 0 aliphatic heterocycles. The molecular weight excluding hydrogens is 456 g/mol. The second kappa shape index (κ2) is 17.7. The van der Waals surface area contributed by atoms with Gasteiger partial charge in [-0.25, -0.2) is 9.59 Å². The zero-order valence-electron chi connectivity index (χ0n) is 21.8. The lowest BCUT2D eigenvalue weighted by Crippen LogP contribution is -2.16. The Morgan fingerprint density at radius 3 is 1.36 bits per heavy atom. The fraction of sp³-hybridized carbons (Fsp3) is 0.467. The Morgan fingerprint density at radius 1 is 0.583 bits per heavy atom. The molecule has 2 rings (SSSR count). The Balaban J connectivity index is 1.83. The summed E-state index contributed by atoms with van der Waals surface area (Å²) in [6, 6.07) is 14.2. The van der Waals surface area contributed by atoms with Crippen LogP contribution in [0.15, 0.2) is 48.5 Å². The average Bonchev–Trinajstić information content (AvgIpc) is 2.92. The molecule has 0 aliphatic carbocycles. The predicted molar refractivity (Wildman–Crippen MR) is 139 cm³/mol. The smallest absolute Gasteiger partial charge is 0.289 e. The summed E-state index contributed by atoms with van der Waals surface area (Å²) in [5.74, 6) is -1.30. The van der Waals surface area contributed by atoms with Gasteiger partial charge in [-0.2, -0.15) is 0 Å². The molecule has 36 heavy (non-hydrogen) atoms. The quantitative estimate of drug-likeness (QED) is 0.119. The Bertz CT molecular complexity index is 812. The van der Waals surface area contributed by atoms with Gasteiger partial charge in [0.05, 0.1) is 11.1 Å². The number of benzene rings is 2. The van der Waals surface area contributed by atoms with Crippen LogP contribution >= 0.6 is 0 Å². The summed E-state index contributed by atoms with van der Waals surface area (Å²) in [7, 11) is 0. The lowest BCUT2D eigenvalue weighted by Gasteiger charge is -2.14. The summed E-state index contributed by atoms with van der Waals surface area (Å²) in [4.78, 5) is 45.0. The van der Waals surface area contributed by atoms with Crippen molar-refractivity contribution in [3.05, 3.63) is 84.0 Å². The summed E-state index contributed by atoms with van der Waals surface area (Å²) in [5.41, 5.74) is 2.95. The summed E-state index contributed by atoms with van der Waals surface area (Å²) >= 11 is 0. The molecule has 0 N–H and O–H groups in total. The van der Waals surface area contributed by atoms with Crippen LogP contribution in [0.25, 0.3) is 0 Å². The molecule has 0 unspecified atom stereocenters. The molecule has 2 aromatic rings.